The number of carbonyl (C=O) groups excluding carboxylic acids is 2. The molecule has 3 aliphatic rings. The van der Waals surface area contributed by atoms with E-state index in [1.807, 2.05) is 24.3 Å². The average molecular weight is 428 g/mol. The first-order chi connectivity index (χ1) is 15.1. The van der Waals surface area contributed by atoms with E-state index in [0.717, 1.165) is 44.1 Å². The fourth-order valence-corrected chi connectivity index (χ4v) is 5.31. The number of benzene rings is 1. The van der Waals surface area contributed by atoms with Crippen LogP contribution in [0.4, 0.5) is 4.79 Å². The molecule has 4 rings (SSSR count). The van der Waals surface area contributed by atoms with Gasteiger partial charge < -0.3 is 14.2 Å². The van der Waals surface area contributed by atoms with E-state index in [2.05, 4.69) is 26.0 Å². The minimum absolute atomic E-state index is 0.0325. The van der Waals surface area contributed by atoms with Crippen LogP contribution in [0.1, 0.15) is 70.3 Å². The van der Waals surface area contributed by atoms with Gasteiger partial charge in [-0.3, -0.25) is 4.90 Å². The Morgan fingerprint density at radius 1 is 1.23 bits per heavy atom. The van der Waals surface area contributed by atoms with E-state index in [-0.39, 0.29) is 29.7 Å². The summed E-state index contributed by atoms with van der Waals surface area (Å²) in [5.74, 6) is -0.207. The van der Waals surface area contributed by atoms with Crippen LogP contribution in [0.3, 0.4) is 0 Å². The number of hydrogen-bond donors (Lipinski definition) is 0. The van der Waals surface area contributed by atoms with Gasteiger partial charge in [0.25, 0.3) is 0 Å². The number of nitrogens with zero attached hydrogens (tertiary/aromatic N) is 1. The summed E-state index contributed by atoms with van der Waals surface area (Å²) < 4.78 is 17.5. The Bertz CT molecular complexity index is 822. The molecule has 1 saturated carbocycles. The van der Waals surface area contributed by atoms with E-state index in [0.29, 0.717) is 19.6 Å². The SMILES string of the molecule is CCCCOC(=O)C1=C[C@H](c2ccccc2)[C@H]2CCCC[C@@]2(N2C(=O)OC[C@H]2CC)O1. The first kappa shape index (κ1) is 21.7. The molecule has 0 spiro atoms. The molecule has 1 amide bonds. The fourth-order valence-electron chi connectivity index (χ4n) is 5.31. The Morgan fingerprint density at radius 3 is 2.77 bits per heavy atom. The first-order valence-electron chi connectivity index (χ1n) is 11.7. The summed E-state index contributed by atoms with van der Waals surface area (Å²) in [4.78, 5) is 27.7. The Kier molecular flexibility index (Phi) is 6.54. The lowest BCUT2D eigenvalue weighted by Gasteiger charge is -2.54. The van der Waals surface area contributed by atoms with Crippen LogP contribution in [0, 0.1) is 5.92 Å². The lowest BCUT2D eigenvalue weighted by atomic mass is 9.68. The molecule has 2 heterocycles. The van der Waals surface area contributed by atoms with Crippen molar-refractivity contribution in [1.29, 1.82) is 0 Å². The largest absolute Gasteiger partial charge is 0.460 e. The Hall–Kier alpha value is -2.50. The molecule has 2 aliphatic heterocycles. The minimum Gasteiger partial charge on any atom is -0.460 e. The molecule has 1 aromatic carbocycles. The van der Waals surface area contributed by atoms with Gasteiger partial charge in [-0.25, -0.2) is 9.59 Å². The molecule has 2 fully saturated rings. The molecule has 0 aromatic heterocycles. The maximum absolute atomic E-state index is 13.0. The second-order valence-corrected chi connectivity index (χ2v) is 8.76. The minimum atomic E-state index is -0.888. The number of amides is 1. The highest BCUT2D eigenvalue weighted by molar-refractivity contribution is 5.87. The Morgan fingerprint density at radius 2 is 2.03 bits per heavy atom. The molecule has 1 aromatic rings. The summed E-state index contributed by atoms with van der Waals surface area (Å²) in [6.45, 7) is 4.84. The van der Waals surface area contributed by atoms with Gasteiger partial charge in [-0.15, -0.1) is 0 Å². The number of fused-ring (bicyclic) bond motifs is 1. The van der Waals surface area contributed by atoms with Crippen LogP contribution in [0.25, 0.3) is 0 Å². The second-order valence-electron chi connectivity index (χ2n) is 8.76. The fraction of sp³-hybridized carbons (Fsp3) is 0.600. The number of rotatable bonds is 7. The van der Waals surface area contributed by atoms with Crippen LogP contribution in [0.15, 0.2) is 42.2 Å². The second kappa shape index (κ2) is 9.33. The highest BCUT2D eigenvalue weighted by atomic mass is 16.6. The molecule has 6 heteroatoms. The highest BCUT2D eigenvalue weighted by Crippen LogP contribution is 2.53. The molecular formula is C25H33NO5. The van der Waals surface area contributed by atoms with Crippen molar-refractivity contribution in [3.8, 4) is 0 Å². The van der Waals surface area contributed by atoms with Crippen molar-refractivity contribution >= 4 is 12.1 Å². The van der Waals surface area contributed by atoms with Crippen molar-refractivity contribution < 1.29 is 23.8 Å². The quantitative estimate of drug-likeness (QED) is 0.445. The molecule has 0 N–H and O–H groups in total. The van der Waals surface area contributed by atoms with Gasteiger partial charge >= 0.3 is 12.1 Å². The third-order valence-corrected chi connectivity index (χ3v) is 6.89. The normalized spacial score (nSPS) is 30.1. The molecule has 0 bridgehead atoms. The van der Waals surface area contributed by atoms with E-state index in [4.69, 9.17) is 14.2 Å². The summed E-state index contributed by atoms with van der Waals surface area (Å²) in [5, 5.41) is 0. The van der Waals surface area contributed by atoms with Gasteiger partial charge in [0.15, 0.2) is 5.72 Å². The molecular weight excluding hydrogens is 394 g/mol. The van der Waals surface area contributed by atoms with Crippen LogP contribution in [0.5, 0.6) is 0 Å². The maximum atomic E-state index is 13.0. The molecule has 4 atom stereocenters. The van der Waals surface area contributed by atoms with Crippen LogP contribution in [0.2, 0.25) is 0 Å². The van der Waals surface area contributed by atoms with Crippen molar-refractivity contribution in [2.24, 2.45) is 5.92 Å². The van der Waals surface area contributed by atoms with Crippen LogP contribution >= 0.6 is 0 Å². The van der Waals surface area contributed by atoms with Gasteiger partial charge in [0.1, 0.15) is 6.61 Å². The standard InChI is InChI=1S/C25H33NO5/c1-3-5-15-29-23(27)22-16-20(18-11-7-6-8-12-18)21-13-9-10-14-25(21,31-22)26-19(4-2)17-30-24(26)28/h6-8,11-12,16,19-21H,3-5,9-10,13-15,17H2,1-2H3/t19-,20-,21-,25-/m1/s1. The van der Waals surface area contributed by atoms with E-state index >= 15 is 0 Å². The number of carbonyl (C=O) groups is 2. The summed E-state index contributed by atoms with van der Waals surface area (Å²) in [6, 6.07) is 10.1. The topological polar surface area (TPSA) is 65.1 Å². The molecule has 168 valence electrons. The van der Waals surface area contributed by atoms with Crippen molar-refractivity contribution in [2.75, 3.05) is 13.2 Å². The van der Waals surface area contributed by atoms with E-state index in [1.165, 1.54) is 0 Å². The summed E-state index contributed by atoms with van der Waals surface area (Å²) in [6.07, 6.45) is 7.74. The average Bonchev–Trinajstić information content (AvgIpc) is 3.20. The molecule has 31 heavy (non-hydrogen) atoms. The van der Waals surface area contributed by atoms with Crippen molar-refractivity contribution in [1.82, 2.24) is 4.90 Å². The number of allylic oxidation sites excluding steroid dienone is 1. The number of ether oxygens (including phenoxy) is 3. The number of unbranched alkanes of at least 4 members (excludes halogenated alkanes) is 1. The molecule has 6 nitrogen and oxygen atoms in total. The number of hydrogen-bond acceptors (Lipinski definition) is 5. The van der Waals surface area contributed by atoms with Gasteiger partial charge in [-0.2, -0.15) is 0 Å². The van der Waals surface area contributed by atoms with E-state index in [9.17, 15) is 9.59 Å². The van der Waals surface area contributed by atoms with Crippen LogP contribution in [-0.4, -0.2) is 41.9 Å². The summed E-state index contributed by atoms with van der Waals surface area (Å²) in [7, 11) is 0. The predicted octanol–water partition coefficient (Wildman–Crippen LogP) is 5.14. The zero-order chi connectivity index (χ0) is 21.8. The van der Waals surface area contributed by atoms with Crippen molar-refractivity contribution in [3.63, 3.8) is 0 Å². The maximum Gasteiger partial charge on any atom is 0.413 e. The van der Waals surface area contributed by atoms with Gasteiger partial charge in [-0.05, 0) is 37.3 Å². The Balaban J connectivity index is 1.76. The van der Waals surface area contributed by atoms with Gasteiger partial charge in [0.05, 0.1) is 12.6 Å². The lowest BCUT2D eigenvalue weighted by Crippen LogP contribution is -2.62. The zero-order valence-corrected chi connectivity index (χ0v) is 18.5. The first-order valence-corrected chi connectivity index (χ1v) is 11.7. The molecule has 1 saturated heterocycles. The number of esters is 1. The predicted molar refractivity (Wildman–Crippen MR) is 116 cm³/mol. The van der Waals surface area contributed by atoms with Gasteiger partial charge in [-0.1, -0.05) is 57.0 Å². The summed E-state index contributed by atoms with van der Waals surface area (Å²) >= 11 is 0. The zero-order valence-electron chi connectivity index (χ0n) is 18.5. The third kappa shape index (κ3) is 4.04. The van der Waals surface area contributed by atoms with Crippen LogP contribution < -0.4 is 0 Å². The van der Waals surface area contributed by atoms with E-state index in [1.54, 1.807) is 4.90 Å². The van der Waals surface area contributed by atoms with Gasteiger partial charge in [0, 0.05) is 18.3 Å². The third-order valence-electron chi connectivity index (χ3n) is 6.89. The monoisotopic (exact) mass is 427 g/mol. The molecule has 1 aliphatic carbocycles. The van der Waals surface area contributed by atoms with Crippen molar-refractivity contribution in [2.45, 2.75) is 76.5 Å². The molecule has 0 unspecified atom stereocenters. The molecule has 0 radical (unpaired) electrons. The van der Waals surface area contributed by atoms with Crippen molar-refractivity contribution in [3.05, 3.63) is 47.7 Å². The smallest absolute Gasteiger partial charge is 0.413 e. The van der Waals surface area contributed by atoms with Crippen LogP contribution in [-0.2, 0) is 19.0 Å². The Labute approximate surface area is 184 Å². The number of cyclic esters (lactones) is 1. The highest BCUT2D eigenvalue weighted by Gasteiger charge is 2.59. The lowest BCUT2D eigenvalue weighted by molar-refractivity contribution is -0.193. The summed E-state index contributed by atoms with van der Waals surface area (Å²) in [5.41, 5.74) is 0.238. The van der Waals surface area contributed by atoms with E-state index < -0.39 is 11.7 Å². The van der Waals surface area contributed by atoms with Gasteiger partial charge in [0.2, 0.25) is 5.76 Å².